The van der Waals surface area contributed by atoms with Crippen LogP contribution in [0.15, 0.2) is 57.7 Å². The van der Waals surface area contributed by atoms with Crippen LogP contribution in [0.4, 0.5) is 4.79 Å². The molecule has 1 aliphatic heterocycles. The van der Waals surface area contributed by atoms with Crippen molar-refractivity contribution in [2.45, 2.75) is 70.6 Å². The van der Waals surface area contributed by atoms with Crippen LogP contribution in [0.3, 0.4) is 0 Å². The first-order chi connectivity index (χ1) is 17.2. The number of benzene rings is 2. The number of hydrogen-bond acceptors (Lipinski definition) is 6. The molecule has 0 unspecified atom stereocenters. The van der Waals surface area contributed by atoms with Gasteiger partial charge in [-0.05, 0) is 69.4 Å². The lowest BCUT2D eigenvalue weighted by atomic mass is 9.97. The second-order valence-corrected chi connectivity index (χ2v) is 10.6. The van der Waals surface area contributed by atoms with Gasteiger partial charge in [-0.15, -0.1) is 0 Å². The van der Waals surface area contributed by atoms with Crippen LogP contribution in [-0.4, -0.2) is 35.2 Å². The van der Waals surface area contributed by atoms with Gasteiger partial charge in [0.2, 0.25) is 0 Å². The van der Waals surface area contributed by atoms with Crippen LogP contribution in [0.5, 0.6) is 0 Å². The van der Waals surface area contributed by atoms with Gasteiger partial charge < -0.3 is 13.9 Å². The Morgan fingerprint density at radius 3 is 2.36 bits per heavy atom. The van der Waals surface area contributed by atoms with Crippen molar-refractivity contribution in [2.24, 2.45) is 0 Å². The minimum absolute atomic E-state index is 0.0922. The van der Waals surface area contributed by atoms with Crippen molar-refractivity contribution in [3.8, 4) is 11.3 Å². The number of likely N-dealkylation sites (tertiary alicyclic amines) is 1. The Kier molecular flexibility index (Phi) is 6.33. The van der Waals surface area contributed by atoms with E-state index in [0.717, 1.165) is 41.3 Å². The molecule has 2 aromatic carbocycles. The molecular weight excluding hydrogens is 458 g/mol. The zero-order valence-corrected chi connectivity index (χ0v) is 20.9. The Morgan fingerprint density at radius 2 is 1.69 bits per heavy atom. The van der Waals surface area contributed by atoms with Crippen LogP contribution in [0.2, 0.25) is 0 Å². The van der Waals surface area contributed by atoms with Gasteiger partial charge in [-0.1, -0.05) is 42.5 Å². The molecular formula is C29H31NO6. The van der Waals surface area contributed by atoms with Crippen molar-refractivity contribution in [2.75, 3.05) is 6.54 Å². The fraction of sp³-hybridized carbons (Fsp3) is 0.414. The number of carbonyl (C=O) groups excluding carboxylic acids is 2. The molecule has 0 spiro atoms. The molecule has 2 heterocycles. The van der Waals surface area contributed by atoms with Gasteiger partial charge in [0.15, 0.2) is 0 Å². The van der Waals surface area contributed by atoms with Crippen molar-refractivity contribution < 1.29 is 23.5 Å². The minimum atomic E-state index is -0.632. The maximum Gasteiger partial charge on any atom is 0.411 e. The number of fused-ring (bicyclic) bond motifs is 1. The first-order valence-electron chi connectivity index (χ1n) is 12.5. The number of amides is 1. The average molecular weight is 490 g/mol. The lowest BCUT2D eigenvalue weighted by Crippen LogP contribution is -2.44. The highest BCUT2D eigenvalue weighted by atomic mass is 16.6. The number of nitrogens with zero attached hydrogens (tertiary/aromatic N) is 1. The highest BCUT2D eigenvalue weighted by Gasteiger charge is 2.37. The maximum atomic E-state index is 12.8. The maximum absolute atomic E-state index is 12.8. The van der Waals surface area contributed by atoms with Gasteiger partial charge in [-0.3, -0.25) is 4.90 Å². The summed E-state index contributed by atoms with van der Waals surface area (Å²) in [7, 11) is 0. The van der Waals surface area contributed by atoms with E-state index >= 15 is 0 Å². The standard InChI is InChI=1S/C29H31NO6/c1-29(2,3)36-28(33)30-16-6-9-23(30)27(32)34-17-18-10-12-20(13-11-18)25-24(19-14-15-19)21-7-4-5-8-22(21)26(31)35-25/h4-5,7-8,10-13,19,23H,6,9,14-17H2,1-3H3/t23-/m1/s1. The highest BCUT2D eigenvalue weighted by Crippen LogP contribution is 2.47. The molecule has 5 rings (SSSR count). The predicted octanol–water partition coefficient (Wildman–Crippen LogP) is 5.78. The van der Waals surface area contributed by atoms with Crippen molar-refractivity contribution in [1.82, 2.24) is 4.90 Å². The largest absolute Gasteiger partial charge is 0.459 e. The Morgan fingerprint density at radius 1 is 1.00 bits per heavy atom. The molecule has 0 N–H and O–H groups in total. The normalized spacial score (nSPS) is 17.9. The van der Waals surface area contributed by atoms with E-state index in [1.54, 1.807) is 20.8 Å². The second-order valence-electron chi connectivity index (χ2n) is 10.6. The molecule has 1 aliphatic carbocycles. The molecule has 7 heteroatoms. The van der Waals surface area contributed by atoms with Crippen LogP contribution >= 0.6 is 0 Å². The van der Waals surface area contributed by atoms with Crippen molar-refractivity contribution in [1.29, 1.82) is 0 Å². The molecule has 2 aliphatic rings. The van der Waals surface area contributed by atoms with E-state index in [-0.39, 0.29) is 12.2 Å². The molecule has 188 valence electrons. The van der Waals surface area contributed by atoms with Crippen molar-refractivity contribution in [3.63, 3.8) is 0 Å². The molecule has 1 saturated carbocycles. The minimum Gasteiger partial charge on any atom is -0.459 e. The van der Waals surface area contributed by atoms with Gasteiger partial charge in [-0.2, -0.15) is 0 Å². The second kappa shape index (κ2) is 9.45. The van der Waals surface area contributed by atoms with Crippen LogP contribution in [0.1, 0.15) is 63.5 Å². The van der Waals surface area contributed by atoms with Gasteiger partial charge in [0.05, 0.1) is 5.39 Å². The van der Waals surface area contributed by atoms with Gasteiger partial charge >= 0.3 is 17.7 Å². The molecule has 0 radical (unpaired) electrons. The zero-order valence-electron chi connectivity index (χ0n) is 20.9. The smallest absolute Gasteiger partial charge is 0.411 e. The molecule has 1 atom stereocenters. The Hall–Kier alpha value is -3.61. The number of esters is 1. The van der Waals surface area contributed by atoms with Crippen LogP contribution in [-0.2, 0) is 20.9 Å². The molecule has 1 aromatic heterocycles. The molecule has 1 amide bonds. The average Bonchev–Trinajstić information content (AvgIpc) is 3.55. The van der Waals surface area contributed by atoms with Crippen molar-refractivity contribution in [3.05, 3.63) is 70.1 Å². The Labute approximate surface area is 210 Å². The third kappa shape index (κ3) is 5.01. The fourth-order valence-electron chi connectivity index (χ4n) is 4.77. The Bertz CT molecular complexity index is 1350. The molecule has 3 aromatic rings. The van der Waals surface area contributed by atoms with Gasteiger partial charge in [0.1, 0.15) is 24.0 Å². The van der Waals surface area contributed by atoms with E-state index in [4.69, 9.17) is 13.9 Å². The molecule has 7 nitrogen and oxygen atoms in total. The monoisotopic (exact) mass is 489 g/mol. The summed E-state index contributed by atoms with van der Waals surface area (Å²) in [6.07, 6.45) is 2.96. The lowest BCUT2D eigenvalue weighted by molar-refractivity contribution is -0.150. The van der Waals surface area contributed by atoms with E-state index in [2.05, 4.69) is 0 Å². The van der Waals surface area contributed by atoms with Gasteiger partial charge in [0, 0.05) is 17.7 Å². The van der Waals surface area contributed by atoms with E-state index in [1.807, 2.05) is 48.5 Å². The fourth-order valence-corrected chi connectivity index (χ4v) is 4.77. The molecule has 1 saturated heterocycles. The van der Waals surface area contributed by atoms with Crippen LogP contribution in [0, 0.1) is 0 Å². The van der Waals surface area contributed by atoms with Crippen LogP contribution in [0.25, 0.3) is 22.1 Å². The predicted molar refractivity (Wildman–Crippen MR) is 136 cm³/mol. The number of carbonyl (C=O) groups is 2. The quantitative estimate of drug-likeness (QED) is 0.422. The summed E-state index contributed by atoms with van der Waals surface area (Å²) in [4.78, 5) is 39.3. The third-order valence-corrected chi connectivity index (χ3v) is 6.61. The van der Waals surface area contributed by atoms with Crippen molar-refractivity contribution >= 4 is 22.8 Å². The highest BCUT2D eigenvalue weighted by molar-refractivity contribution is 5.89. The molecule has 36 heavy (non-hydrogen) atoms. The molecule has 0 bridgehead atoms. The zero-order chi connectivity index (χ0) is 25.4. The number of hydrogen-bond donors (Lipinski definition) is 0. The van der Waals surface area contributed by atoms with E-state index in [1.165, 1.54) is 4.90 Å². The van der Waals surface area contributed by atoms with Gasteiger partial charge in [0.25, 0.3) is 0 Å². The Balaban J connectivity index is 1.29. The lowest BCUT2D eigenvalue weighted by Gasteiger charge is -2.27. The molecule has 2 fully saturated rings. The number of rotatable bonds is 5. The summed E-state index contributed by atoms with van der Waals surface area (Å²) in [6.45, 7) is 5.97. The summed E-state index contributed by atoms with van der Waals surface area (Å²) in [6, 6.07) is 14.5. The third-order valence-electron chi connectivity index (χ3n) is 6.61. The topological polar surface area (TPSA) is 86.1 Å². The first-order valence-corrected chi connectivity index (χ1v) is 12.5. The van der Waals surface area contributed by atoms with E-state index in [0.29, 0.717) is 30.0 Å². The SMILES string of the molecule is CC(C)(C)OC(=O)N1CCC[C@@H]1C(=O)OCc1ccc(-c2oc(=O)c3ccccc3c2C2CC2)cc1. The summed E-state index contributed by atoms with van der Waals surface area (Å²) >= 11 is 0. The summed E-state index contributed by atoms with van der Waals surface area (Å²) in [5.41, 5.74) is 1.76. The summed E-state index contributed by atoms with van der Waals surface area (Å²) in [5, 5.41) is 1.56. The van der Waals surface area contributed by atoms with Gasteiger partial charge in [-0.25, -0.2) is 14.4 Å². The van der Waals surface area contributed by atoms with E-state index < -0.39 is 23.7 Å². The first kappa shape index (κ1) is 24.1. The van der Waals surface area contributed by atoms with E-state index in [9.17, 15) is 14.4 Å². The summed E-state index contributed by atoms with van der Waals surface area (Å²) < 4.78 is 16.8. The summed E-state index contributed by atoms with van der Waals surface area (Å²) in [5.74, 6) is 0.580. The number of ether oxygens (including phenoxy) is 2. The van der Waals surface area contributed by atoms with Crippen LogP contribution < -0.4 is 5.63 Å².